The fraction of sp³-hybridized carbons (Fsp3) is 0.500. The third kappa shape index (κ3) is 1.31. The summed E-state index contributed by atoms with van der Waals surface area (Å²) in [7, 11) is 1.97. The Labute approximate surface area is 75.6 Å². The van der Waals surface area contributed by atoms with Crippen LogP contribution in [0.25, 0.3) is 0 Å². The molecule has 0 saturated carbocycles. The SMILES string of the molecule is CN1CCn2ncc(C(=O)O)c2C1. The predicted molar refractivity (Wildman–Crippen MR) is 45.5 cm³/mol. The molecule has 5 heteroatoms. The first-order valence-electron chi connectivity index (χ1n) is 4.15. The van der Waals surface area contributed by atoms with E-state index in [1.807, 2.05) is 7.05 Å². The maximum Gasteiger partial charge on any atom is 0.339 e. The van der Waals surface area contributed by atoms with E-state index >= 15 is 0 Å². The van der Waals surface area contributed by atoms with E-state index in [2.05, 4.69) is 10.00 Å². The van der Waals surface area contributed by atoms with Crippen molar-refractivity contribution in [3.8, 4) is 0 Å². The molecule has 0 aromatic carbocycles. The van der Waals surface area contributed by atoms with Crippen molar-refractivity contribution < 1.29 is 9.90 Å². The number of fused-ring (bicyclic) bond motifs is 1. The molecular formula is C8H11N3O2. The second-order valence-electron chi connectivity index (χ2n) is 3.27. The first kappa shape index (κ1) is 8.25. The second kappa shape index (κ2) is 2.85. The molecule has 0 fully saturated rings. The number of likely N-dealkylation sites (N-methyl/N-ethyl adjacent to an activating group) is 1. The van der Waals surface area contributed by atoms with Crippen LogP contribution < -0.4 is 0 Å². The average Bonchev–Trinajstić information content (AvgIpc) is 2.46. The number of carboxylic acid groups (broad SMARTS) is 1. The molecule has 1 aromatic heterocycles. The molecule has 13 heavy (non-hydrogen) atoms. The van der Waals surface area contributed by atoms with Crippen molar-refractivity contribution in [1.82, 2.24) is 14.7 Å². The quantitative estimate of drug-likeness (QED) is 0.664. The fourth-order valence-electron chi connectivity index (χ4n) is 1.55. The van der Waals surface area contributed by atoms with E-state index in [1.54, 1.807) is 4.68 Å². The van der Waals surface area contributed by atoms with Crippen LogP contribution in [0.2, 0.25) is 0 Å². The van der Waals surface area contributed by atoms with Crippen LogP contribution in [0.3, 0.4) is 0 Å². The van der Waals surface area contributed by atoms with Gasteiger partial charge in [-0.15, -0.1) is 0 Å². The minimum Gasteiger partial charge on any atom is -0.478 e. The Balaban J connectivity index is 2.41. The summed E-state index contributed by atoms with van der Waals surface area (Å²) in [4.78, 5) is 12.9. The number of hydrogen-bond donors (Lipinski definition) is 1. The third-order valence-corrected chi connectivity index (χ3v) is 2.29. The predicted octanol–water partition coefficient (Wildman–Crippen LogP) is 0.0267. The Morgan fingerprint density at radius 2 is 2.38 bits per heavy atom. The molecule has 0 atom stereocenters. The topological polar surface area (TPSA) is 58.4 Å². The van der Waals surface area contributed by atoms with Crippen molar-refractivity contribution in [3.05, 3.63) is 17.5 Å². The lowest BCUT2D eigenvalue weighted by Crippen LogP contribution is -2.31. The van der Waals surface area contributed by atoms with Crippen LogP contribution in [-0.2, 0) is 13.1 Å². The average molecular weight is 181 g/mol. The van der Waals surface area contributed by atoms with Crippen LogP contribution in [0.1, 0.15) is 16.1 Å². The first-order valence-corrected chi connectivity index (χ1v) is 4.15. The summed E-state index contributed by atoms with van der Waals surface area (Å²) >= 11 is 0. The number of carboxylic acids is 1. The summed E-state index contributed by atoms with van der Waals surface area (Å²) in [6.45, 7) is 2.37. The number of rotatable bonds is 1. The van der Waals surface area contributed by atoms with Gasteiger partial charge < -0.3 is 5.11 Å². The van der Waals surface area contributed by atoms with Gasteiger partial charge in [-0.05, 0) is 7.05 Å². The highest BCUT2D eigenvalue weighted by molar-refractivity contribution is 5.88. The lowest BCUT2D eigenvalue weighted by Gasteiger charge is -2.23. The van der Waals surface area contributed by atoms with E-state index < -0.39 is 5.97 Å². The fourth-order valence-corrected chi connectivity index (χ4v) is 1.55. The summed E-state index contributed by atoms with van der Waals surface area (Å²) in [5.41, 5.74) is 1.13. The van der Waals surface area contributed by atoms with Crippen molar-refractivity contribution in [2.75, 3.05) is 13.6 Å². The van der Waals surface area contributed by atoms with Crippen LogP contribution in [0, 0.1) is 0 Å². The molecule has 0 saturated heterocycles. The largest absolute Gasteiger partial charge is 0.478 e. The van der Waals surface area contributed by atoms with Crippen molar-refractivity contribution >= 4 is 5.97 Å². The monoisotopic (exact) mass is 181 g/mol. The molecule has 1 aliphatic rings. The zero-order valence-corrected chi connectivity index (χ0v) is 7.40. The van der Waals surface area contributed by atoms with Gasteiger partial charge in [0.2, 0.25) is 0 Å². The van der Waals surface area contributed by atoms with E-state index in [1.165, 1.54) is 6.20 Å². The molecule has 0 bridgehead atoms. The first-order chi connectivity index (χ1) is 6.18. The highest BCUT2D eigenvalue weighted by Gasteiger charge is 2.21. The minimum absolute atomic E-state index is 0.326. The maximum absolute atomic E-state index is 10.8. The van der Waals surface area contributed by atoms with Gasteiger partial charge in [-0.2, -0.15) is 5.10 Å². The second-order valence-corrected chi connectivity index (χ2v) is 3.27. The van der Waals surface area contributed by atoms with E-state index in [9.17, 15) is 4.79 Å². The van der Waals surface area contributed by atoms with E-state index in [0.29, 0.717) is 12.1 Å². The Hall–Kier alpha value is -1.36. The van der Waals surface area contributed by atoms with Gasteiger partial charge in [-0.25, -0.2) is 4.79 Å². The molecule has 0 amide bonds. The van der Waals surface area contributed by atoms with Crippen molar-refractivity contribution in [2.45, 2.75) is 13.1 Å². The van der Waals surface area contributed by atoms with Gasteiger partial charge >= 0.3 is 5.97 Å². The van der Waals surface area contributed by atoms with Crippen LogP contribution in [0.15, 0.2) is 6.20 Å². The van der Waals surface area contributed by atoms with E-state index in [4.69, 9.17) is 5.11 Å². The van der Waals surface area contributed by atoms with E-state index in [-0.39, 0.29) is 0 Å². The molecule has 2 rings (SSSR count). The molecule has 0 radical (unpaired) electrons. The van der Waals surface area contributed by atoms with Crippen molar-refractivity contribution in [3.63, 3.8) is 0 Å². The molecule has 0 unspecified atom stereocenters. The zero-order valence-electron chi connectivity index (χ0n) is 7.40. The standard InChI is InChI=1S/C8H11N3O2/c1-10-2-3-11-7(5-10)6(4-9-11)8(12)13/h4H,2-3,5H2,1H3,(H,12,13). The highest BCUT2D eigenvalue weighted by Crippen LogP contribution is 2.14. The molecule has 0 spiro atoms. The van der Waals surface area contributed by atoms with Crippen LogP contribution >= 0.6 is 0 Å². The number of carbonyl (C=O) groups is 1. The molecule has 2 heterocycles. The van der Waals surface area contributed by atoms with Gasteiger partial charge in [-0.1, -0.05) is 0 Å². The van der Waals surface area contributed by atoms with E-state index in [0.717, 1.165) is 18.8 Å². The number of nitrogens with zero attached hydrogens (tertiary/aromatic N) is 3. The van der Waals surface area contributed by atoms with Gasteiger partial charge in [0.1, 0.15) is 5.56 Å². The van der Waals surface area contributed by atoms with Gasteiger partial charge in [0.15, 0.2) is 0 Å². The Morgan fingerprint density at radius 1 is 1.62 bits per heavy atom. The van der Waals surface area contributed by atoms with Crippen LogP contribution in [-0.4, -0.2) is 39.3 Å². The van der Waals surface area contributed by atoms with Gasteiger partial charge in [0, 0.05) is 13.1 Å². The summed E-state index contributed by atoms with van der Waals surface area (Å²) in [5, 5.41) is 12.9. The third-order valence-electron chi connectivity index (χ3n) is 2.29. The molecule has 0 aliphatic carbocycles. The summed E-state index contributed by atoms with van der Waals surface area (Å²) < 4.78 is 1.77. The van der Waals surface area contributed by atoms with Crippen LogP contribution in [0.4, 0.5) is 0 Å². The van der Waals surface area contributed by atoms with Gasteiger partial charge in [0.05, 0.1) is 18.4 Å². The molecule has 70 valence electrons. The lowest BCUT2D eigenvalue weighted by molar-refractivity contribution is 0.0693. The van der Waals surface area contributed by atoms with Crippen molar-refractivity contribution in [2.24, 2.45) is 0 Å². The molecule has 5 nitrogen and oxygen atoms in total. The molecular weight excluding hydrogens is 170 g/mol. The lowest BCUT2D eigenvalue weighted by atomic mass is 10.2. The zero-order chi connectivity index (χ0) is 9.42. The summed E-state index contributed by atoms with van der Waals surface area (Å²) in [5.74, 6) is -0.892. The van der Waals surface area contributed by atoms with Gasteiger partial charge in [0.25, 0.3) is 0 Å². The highest BCUT2D eigenvalue weighted by atomic mass is 16.4. The number of aromatic nitrogens is 2. The maximum atomic E-state index is 10.8. The minimum atomic E-state index is -0.892. The Bertz CT molecular complexity index is 345. The van der Waals surface area contributed by atoms with Gasteiger partial charge in [-0.3, -0.25) is 9.58 Å². The summed E-state index contributed by atoms with van der Waals surface area (Å²) in [6, 6.07) is 0. The van der Waals surface area contributed by atoms with Crippen molar-refractivity contribution in [1.29, 1.82) is 0 Å². The van der Waals surface area contributed by atoms with Crippen LogP contribution in [0.5, 0.6) is 0 Å². The number of aromatic carboxylic acids is 1. The Kier molecular flexibility index (Phi) is 1.81. The molecule has 1 aromatic rings. The normalized spacial score (nSPS) is 17.0. The number of hydrogen-bond acceptors (Lipinski definition) is 3. The summed E-state index contributed by atoms with van der Waals surface area (Å²) in [6.07, 6.45) is 1.43. The Morgan fingerprint density at radius 3 is 3.08 bits per heavy atom. The molecule has 1 N–H and O–H groups in total. The molecule has 1 aliphatic heterocycles. The smallest absolute Gasteiger partial charge is 0.339 e.